The van der Waals surface area contributed by atoms with Crippen LogP contribution in [-0.4, -0.2) is 20.8 Å². The van der Waals surface area contributed by atoms with Gasteiger partial charge in [0.15, 0.2) is 6.29 Å². The molecule has 0 amide bonds. The maximum atomic E-state index is 10.5. The molecular formula is C10H7I2N3O. The van der Waals surface area contributed by atoms with Crippen molar-refractivity contribution >= 4 is 51.5 Å². The average Bonchev–Trinajstić information content (AvgIpc) is 2.54. The van der Waals surface area contributed by atoms with E-state index >= 15 is 0 Å². The minimum atomic E-state index is 0.575. The summed E-state index contributed by atoms with van der Waals surface area (Å²) in [6, 6.07) is 3.56. The van der Waals surface area contributed by atoms with E-state index in [1.54, 1.807) is 12.3 Å². The molecule has 0 bridgehead atoms. The van der Waals surface area contributed by atoms with Crippen molar-refractivity contribution in [1.82, 2.24) is 14.5 Å². The fraction of sp³-hybridized carbons (Fsp3) is 0.100. The molecular weight excluding hydrogens is 432 g/mol. The van der Waals surface area contributed by atoms with E-state index in [-0.39, 0.29) is 0 Å². The van der Waals surface area contributed by atoms with Gasteiger partial charge in [-0.3, -0.25) is 9.36 Å². The standard InChI is InChI=1S/C10H7I2N3O/c1-6-14-9(11)10(12)15(6)8-3-2-7(5-16)4-13-8/h2-5H,1H3. The van der Waals surface area contributed by atoms with Crippen LogP contribution in [0.1, 0.15) is 16.2 Å². The third kappa shape index (κ3) is 2.12. The second-order valence-electron chi connectivity index (χ2n) is 3.14. The number of hydrogen-bond donors (Lipinski definition) is 0. The van der Waals surface area contributed by atoms with Crippen LogP contribution in [0.5, 0.6) is 0 Å². The maximum Gasteiger partial charge on any atom is 0.151 e. The van der Waals surface area contributed by atoms with Gasteiger partial charge in [0.25, 0.3) is 0 Å². The summed E-state index contributed by atoms with van der Waals surface area (Å²) in [5, 5.41) is 0. The molecule has 2 aromatic heterocycles. The number of imidazole rings is 1. The number of aryl methyl sites for hydroxylation is 1. The Balaban J connectivity index is 2.54. The van der Waals surface area contributed by atoms with Crippen molar-refractivity contribution in [2.75, 3.05) is 0 Å². The molecule has 0 saturated heterocycles. The van der Waals surface area contributed by atoms with Gasteiger partial charge in [0.1, 0.15) is 19.0 Å². The Morgan fingerprint density at radius 1 is 1.38 bits per heavy atom. The smallest absolute Gasteiger partial charge is 0.151 e. The van der Waals surface area contributed by atoms with Gasteiger partial charge < -0.3 is 0 Å². The molecule has 82 valence electrons. The summed E-state index contributed by atoms with van der Waals surface area (Å²) in [7, 11) is 0. The van der Waals surface area contributed by atoms with Crippen molar-refractivity contribution in [3.63, 3.8) is 0 Å². The zero-order valence-corrected chi connectivity index (χ0v) is 12.6. The summed E-state index contributed by atoms with van der Waals surface area (Å²) in [6.45, 7) is 1.93. The molecule has 0 aromatic carbocycles. The lowest BCUT2D eigenvalue weighted by Gasteiger charge is -2.05. The van der Waals surface area contributed by atoms with Gasteiger partial charge in [-0.1, -0.05) is 0 Å². The average molecular weight is 439 g/mol. The molecule has 0 aliphatic rings. The highest BCUT2D eigenvalue weighted by Crippen LogP contribution is 2.20. The van der Waals surface area contributed by atoms with Crippen LogP contribution in [-0.2, 0) is 0 Å². The Kier molecular flexibility index (Phi) is 3.57. The van der Waals surface area contributed by atoms with E-state index in [1.165, 1.54) is 0 Å². The van der Waals surface area contributed by atoms with Crippen molar-refractivity contribution < 1.29 is 4.79 Å². The number of aldehydes is 1. The molecule has 0 unspecified atom stereocenters. The fourth-order valence-electron chi connectivity index (χ4n) is 1.34. The number of rotatable bonds is 2. The molecule has 0 aliphatic carbocycles. The van der Waals surface area contributed by atoms with Crippen LogP contribution in [0.4, 0.5) is 0 Å². The summed E-state index contributed by atoms with van der Waals surface area (Å²) in [4.78, 5) is 19.1. The highest BCUT2D eigenvalue weighted by molar-refractivity contribution is 14.1. The number of halogens is 2. The lowest BCUT2D eigenvalue weighted by molar-refractivity contribution is 0.112. The Bertz CT molecular complexity index is 534. The number of pyridine rings is 1. The topological polar surface area (TPSA) is 47.8 Å². The Labute approximate surface area is 120 Å². The van der Waals surface area contributed by atoms with E-state index in [2.05, 4.69) is 55.1 Å². The van der Waals surface area contributed by atoms with Gasteiger partial charge in [-0.25, -0.2) is 9.97 Å². The summed E-state index contributed by atoms with van der Waals surface area (Å²) in [6.07, 6.45) is 2.34. The fourth-order valence-corrected chi connectivity index (χ4v) is 2.65. The summed E-state index contributed by atoms with van der Waals surface area (Å²) in [5.74, 6) is 1.67. The lowest BCUT2D eigenvalue weighted by Crippen LogP contribution is -2.02. The third-order valence-electron chi connectivity index (χ3n) is 2.09. The second kappa shape index (κ2) is 4.78. The van der Waals surface area contributed by atoms with Gasteiger partial charge in [0, 0.05) is 11.8 Å². The van der Waals surface area contributed by atoms with Crippen molar-refractivity contribution in [3.8, 4) is 5.82 Å². The Morgan fingerprint density at radius 3 is 2.56 bits per heavy atom. The van der Waals surface area contributed by atoms with Gasteiger partial charge >= 0.3 is 0 Å². The van der Waals surface area contributed by atoms with Gasteiger partial charge in [-0.2, -0.15) is 0 Å². The SMILES string of the molecule is Cc1nc(I)c(I)n1-c1ccc(C=O)cn1. The molecule has 6 heteroatoms. The van der Waals surface area contributed by atoms with Crippen molar-refractivity contribution in [2.45, 2.75) is 6.92 Å². The molecule has 0 saturated carbocycles. The van der Waals surface area contributed by atoms with Gasteiger partial charge in [-0.15, -0.1) is 0 Å². The van der Waals surface area contributed by atoms with Crippen molar-refractivity contribution in [1.29, 1.82) is 0 Å². The monoisotopic (exact) mass is 439 g/mol. The maximum absolute atomic E-state index is 10.5. The molecule has 0 N–H and O–H groups in total. The van der Waals surface area contributed by atoms with Crippen molar-refractivity contribution in [2.24, 2.45) is 0 Å². The van der Waals surface area contributed by atoms with E-state index in [9.17, 15) is 4.79 Å². The van der Waals surface area contributed by atoms with Crippen LogP contribution in [0.15, 0.2) is 18.3 Å². The highest BCUT2D eigenvalue weighted by Gasteiger charge is 2.12. The first-order valence-electron chi connectivity index (χ1n) is 4.45. The third-order valence-corrected chi connectivity index (χ3v) is 4.86. The predicted molar refractivity (Wildman–Crippen MR) is 76.9 cm³/mol. The van der Waals surface area contributed by atoms with E-state index in [1.807, 2.05) is 17.6 Å². The zero-order chi connectivity index (χ0) is 11.7. The summed E-state index contributed by atoms with van der Waals surface area (Å²) in [5.41, 5.74) is 0.575. The van der Waals surface area contributed by atoms with Gasteiger partial charge in [0.2, 0.25) is 0 Å². The number of carbonyl (C=O) groups excluding carboxylic acids is 1. The first-order chi connectivity index (χ1) is 7.63. The first-order valence-corrected chi connectivity index (χ1v) is 6.61. The minimum absolute atomic E-state index is 0.575. The molecule has 0 aliphatic heterocycles. The van der Waals surface area contributed by atoms with Crippen LogP contribution < -0.4 is 0 Å². The van der Waals surface area contributed by atoms with E-state index in [0.717, 1.165) is 25.3 Å². The molecule has 0 spiro atoms. The second-order valence-corrected chi connectivity index (χ2v) is 5.19. The molecule has 2 rings (SSSR count). The highest BCUT2D eigenvalue weighted by atomic mass is 127. The molecule has 2 aromatic rings. The molecule has 16 heavy (non-hydrogen) atoms. The number of nitrogens with zero attached hydrogens (tertiary/aromatic N) is 3. The number of carbonyl (C=O) groups is 1. The first kappa shape index (κ1) is 12.0. The van der Waals surface area contributed by atoms with Crippen LogP contribution >= 0.6 is 45.2 Å². The molecule has 0 atom stereocenters. The quantitative estimate of drug-likeness (QED) is 0.535. The van der Waals surface area contributed by atoms with E-state index in [0.29, 0.717) is 5.56 Å². The predicted octanol–water partition coefficient (Wildman–Crippen LogP) is 2.60. The van der Waals surface area contributed by atoms with E-state index < -0.39 is 0 Å². The lowest BCUT2D eigenvalue weighted by atomic mass is 10.3. The number of hydrogen-bond acceptors (Lipinski definition) is 3. The molecule has 0 fully saturated rings. The minimum Gasteiger partial charge on any atom is -0.298 e. The molecule has 0 radical (unpaired) electrons. The summed E-state index contributed by atoms with van der Waals surface area (Å²) >= 11 is 4.42. The zero-order valence-electron chi connectivity index (χ0n) is 8.32. The van der Waals surface area contributed by atoms with Crippen LogP contribution in [0.25, 0.3) is 5.82 Å². The van der Waals surface area contributed by atoms with Crippen molar-refractivity contribution in [3.05, 3.63) is 37.1 Å². The van der Waals surface area contributed by atoms with Crippen LogP contribution in [0.3, 0.4) is 0 Å². The van der Waals surface area contributed by atoms with E-state index in [4.69, 9.17) is 0 Å². The van der Waals surface area contributed by atoms with Gasteiger partial charge in [-0.05, 0) is 64.2 Å². The normalized spacial score (nSPS) is 10.4. The Morgan fingerprint density at radius 2 is 2.12 bits per heavy atom. The number of aromatic nitrogens is 3. The van der Waals surface area contributed by atoms with Gasteiger partial charge in [0.05, 0.1) is 0 Å². The summed E-state index contributed by atoms with van der Waals surface area (Å²) < 4.78 is 3.94. The Hall–Kier alpha value is -0.510. The largest absolute Gasteiger partial charge is 0.298 e. The molecule has 4 nitrogen and oxygen atoms in total. The van der Waals surface area contributed by atoms with Crippen LogP contribution in [0, 0.1) is 14.3 Å². The van der Waals surface area contributed by atoms with Crippen LogP contribution in [0.2, 0.25) is 0 Å². The molecule has 2 heterocycles.